The number of allylic oxidation sites excluding steroid dienone is 1. The summed E-state index contributed by atoms with van der Waals surface area (Å²) in [5.74, 6) is 0. The minimum Gasteiger partial charge on any atom is -0.391 e. The second-order valence-electron chi connectivity index (χ2n) is 2.31. The van der Waals surface area contributed by atoms with Gasteiger partial charge in [-0.05, 0) is 30.3 Å². The molecule has 1 aromatic rings. The zero-order valence-electron chi connectivity index (χ0n) is 6.85. The van der Waals surface area contributed by atoms with E-state index in [1.54, 1.807) is 18.5 Å². The standard InChI is InChI=1S/C5H9N.C3H3N3/c2*1-2-4-6-5-3-1/h2,4,6H,1,3,5H2;1-3H. The monoisotopic (exact) mass is 164 g/mol. The van der Waals surface area contributed by atoms with Gasteiger partial charge in [-0.25, -0.2) is 0 Å². The summed E-state index contributed by atoms with van der Waals surface area (Å²) in [5.41, 5.74) is 0. The topological polar surface area (TPSA) is 50.7 Å². The Balaban J connectivity index is 0.000000120. The van der Waals surface area contributed by atoms with Crippen LogP contribution in [-0.4, -0.2) is 22.0 Å². The largest absolute Gasteiger partial charge is 0.391 e. The normalized spacial score (nSPS) is 14.0. The molecule has 4 heteroatoms. The molecule has 0 radical (unpaired) electrons. The van der Waals surface area contributed by atoms with Crippen LogP contribution in [0.1, 0.15) is 12.8 Å². The molecule has 0 amide bonds. The Morgan fingerprint density at radius 1 is 1.17 bits per heavy atom. The lowest BCUT2D eigenvalue weighted by molar-refractivity contribution is 0.728. The van der Waals surface area contributed by atoms with Crippen molar-refractivity contribution in [2.45, 2.75) is 12.8 Å². The van der Waals surface area contributed by atoms with Crippen molar-refractivity contribution >= 4 is 0 Å². The predicted octanol–water partition coefficient (Wildman–Crippen LogP) is 0.755. The third-order valence-corrected chi connectivity index (χ3v) is 1.34. The fraction of sp³-hybridized carbons (Fsp3) is 0.375. The van der Waals surface area contributed by atoms with E-state index in [1.165, 1.54) is 12.8 Å². The highest BCUT2D eigenvalue weighted by Crippen LogP contribution is 1.91. The maximum atomic E-state index is 3.42. The third-order valence-electron chi connectivity index (χ3n) is 1.34. The highest BCUT2D eigenvalue weighted by molar-refractivity contribution is 4.83. The summed E-state index contributed by atoms with van der Waals surface area (Å²) < 4.78 is 0. The lowest BCUT2D eigenvalue weighted by Crippen LogP contribution is -2.09. The van der Waals surface area contributed by atoms with Gasteiger partial charge in [0.1, 0.15) is 0 Å². The molecule has 2 rings (SSSR count). The Bertz CT molecular complexity index is 175. The summed E-state index contributed by atoms with van der Waals surface area (Å²) in [7, 11) is 0. The van der Waals surface area contributed by atoms with E-state index in [-0.39, 0.29) is 0 Å². The van der Waals surface area contributed by atoms with E-state index in [0.717, 1.165) is 6.54 Å². The Hall–Kier alpha value is -1.45. The van der Waals surface area contributed by atoms with Crippen LogP contribution in [0.5, 0.6) is 0 Å². The molecular weight excluding hydrogens is 152 g/mol. The number of rotatable bonds is 0. The minimum absolute atomic E-state index is 1.16. The molecule has 1 N–H and O–H groups in total. The average Bonchev–Trinajstić information content (AvgIpc) is 2.24. The van der Waals surface area contributed by atoms with E-state index in [0.29, 0.717) is 0 Å². The summed E-state index contributed by atoms with van der Waals surface area (Å²) >= 11 is 0. The number of nitrogens with zero attached hydrogens (tertiary/aromatic N) is 3. The zero-order chi connectivity index (χ0) is 8.49. The van der Waals surface area contributed by atoms with E-state index >= 15 is 0 Å². The van der Waals surface area contributed by atoms with Crippen LogP contribution < -0.4 is 5.32 Å². The van der Waals surface area contributed by atoms with E-state index in [4.69, 9.17) is 0 Å². The van der Waals surface area contributed by atoms with E-state index in [1.807, 2.05) is 6.20 Å². The Morgan fingerprint density at radius 2 is 2.00 bits per heavy atom. The molecule has 4 nitrogen and oxygen atoms in total. The van der Waals surface area contributed by atoms with Crippen LogP contribution in [-0.2, 0) is 0 Å². The SMILES string of the molecule is C1=CNCCC1.c1cnnnc1. The van der Waals surface area contributed by atoms with Crippen LogP contribution in [0.15, 0.2) is 30.7 Å². The molecule has 0 aliphatic carbocycles. The first-order chi connectivity index (χ1) is 6.00. The van der Waals surface area contributed by atoms with Crippen LogP contribution in [0.25, 0.3) is 0 Å². The highest BCUT2D eigenvalue weighted by Gasteiger charge is 1.84. The van der Waals surface area contributed by atoms with Crippen molar-refractivity contribution in [2.75, 3.05) is 6.54 Å². The Morgan fingerprint density at radius 3 is 2.17 bits per heavy atom. The Kier molecular flexibility index (Phi) is 4.52. The van der Waals surface area contributed by atoms with E-state index in [9.17, 15) is 0 Å². The van der Waals surface area contributed by atoms with Gasteiger partial charge in [-0.15, -0.1) is 10.2 Å². The van der Waals surface area contributed by atoms with E-state index < -0.39 is 0 Å². The molecule has 0 saturated carbocycles. The van der Waals surface area contributed by atoms with Crippen LogP contribution >= 0.6 is 0 Å². The molecule has 0 atom stereocenters. The summed E-state index contributed by atoms with van der Waals surface area (Å²) in [5, 5.41) is 13.2. The molecule has 1 aromatic heterocycles. The van der Waals surface area contributed by atoms with Gasteiger partial charge in [-0.3, -0.25) is 0 Å². The van der Waals surface area contributed by atoms with Crippen molar-refractivity contribution in [1.29, 1.82) is 0 Å². The Labute approximate surface area is 71.7 Å². The maximum Gasteiger partial charge on any atom is 0.0529 e. The zero-order valence-corrected chi connectivity index (χ0v) is 6.85. The molecule has 2 heterocycles. The molecule has 0 fully saturated rings. The van der Waals surface area contributed by atoms with Crippen molar-refractivity contribution in [3.05, 3.63) is 30.7 Å². The van der Waals surface area contributed by atoms with Gasteiger partial charge < -0.3 is 5.32 Å². The first-order valence-electron chi connectivity index (χ1n) is 3.97. The number of aromatic nitrogens is 3. The summed E-state index contributed by atoms with van der Waals surface area (Å²) in [6.45, 7) is 1.16. The fourth-order valence-corrected chi connectivity index (χ4v) is 0.777. The fourth-order valence-electron chi connectivity index (χ4n) is 0.777. The van der Waals surface area contributed by atoms with Gasteiger partial charge in [0.15, 0.2) is 0 Å². The van der Waals surface area contributed by atoms with Crippen LogP contribution in [0.4, 0.5) is 0 Å². The predicted molar refractivity (Wildman–Crippen MR) is 46.2 cm³/mol. The van der Waals surface area contributed by atoms with Gasteiger partial charge in [0.2, 0.25) is 0 Å². The van der Waals surface area contributed by atoms with E-state index in [2.05, 4.69) is 26.8 Å². The van der Waals surface area contributed by atoms with Crippen molar-refractivity contribution in [1.82, 2.24) is 20.7 Å². The molecule has 64 valence electrons. The third kappa shape index (κ3) is 4.38. The maximum absolute atomic E-state index is 3.42. The second kappa shape index (κ2) is 6.27. The van der Waals surface area contributed by atoms with Gasteiger partial charge >= 0.3 is 0 Å². The molecule has 0 spiro atoms. The smallest absolute Gasteiger partial charge is 0.0529 e. The quantitative estimate of drug-likeness (QED) is 0.615. The molecule has 12 heavy (non-hydrogen) atoms. The minimum atomic E-state index is 1.16. The van der Waals surface area contributed by atoms with Crippen molar-refractivity contribution in [3.63, 3.8) is 0 Å². The molecule has 1 aliphatic rings. The van der Waals surface area contributed by atoms with Crippen LogP contribution in [0.2, 0.25) is 0 Å². The first-order valence-corrected chi connectivity index (χ1v) is 3.97. The lowest BCUT2D eigenvalue weighted by atomic mass is 10.2. The van der Waals surface area contributed by atoms with Crippen LogP contribution in [0, 0.1) is 0 Å². The summed E-state index contributed by atoms with van der Waals surface area (Å²) in [6.07, 6.45) is 9.89. The van der Waals surface area contributed by atoms with Gasteiger partial charge in [0, 0.05) is 6.54 Å². The van der Waals surface area contributed by atoms with Crippen molar-refractivity contribution in [3.8, 4) is 0 Å². The highest BCUT2D eigenvalue weighted by atomic mass is 15.3. The number of hydrogen-bond donors (Lipinski definition) is 1. The lowest BCUT2D eigenvalue weighted by Gasteiger charge is -2.02. The van der Waals surface area contributed by atoms with Gasteiger partial charge in [0.25, 0.3) is 0 Å². The second-order valence-corrected chi connectivity index (χ2v) is 2.31. The van der Waals surface area contributed by atoms with Crippen molar-refractivity contribution < 1.29 is 0 Å². The number of nitrogens with one attached hydrogen (secondary N) is 1. The van der Waals surface area contributed by atoms with Crippen molar-refractivity contribution in [2.24, 2.45) is 0 Å². The molecule has 0 aromatic carbocycles. The summed E-state index contributed by atoms with van der Waals surface area (Å²) in [6, 6.07) is 1.72. The molecule has 0 bridgehead atoms. The number of hydrogen-bond acceptors (Lipinski definition) is 4. The average molecular weight is 164 g/mol. The van der Waals surface area contributed by atoms with Crippen LogP contribution in [0.3, 0.4) is 0 Å². The molecule has 0 saturated heterocycles. The molecular formula is C8H12N4. The molecule has 1 aliphatic heterocycles. The van der Waals surface area contributed by atoms with Gasteiger partial charge in [0.05, 0.1) is 12.4 Å². The molecule has 0 unspecified atom stereocenters. The summed E-state index contributed by atoms with van der Waals surface area (Å²) in [4.78, 5) is 0. The van der Waals surface area contributed by atoms with Gasteiger partial charge in [-0.1, -0.05) is 6.08 Å². The van der Waals surface area contributed by atoms with Gasteiger partial charge in [-0.2, -0.15) is 0 Å². The first kappa shape index (κ1) is 8.64.